The molecular weight excluding hydrogens is 177 g/mol. The van der Waals surface area contributed by atoms with E-state index in [0.29, 0.717) is 5.37 Å². The summed E-state index contributed by atoms with van der Waals surface area (Å²) in [5.74, 6) is 1.37. The van der Waals surface area contributed by atoms with Gasteiger partial charge < -0.3 is 4.90 Å². The summed E-state index contributed by atoms with van der Waals surface area (Å²) >= 11 is 1.87. The molecule has 2 nitrogen and oxygen atoms in total. The Hall–Kier alpha value is -0.0100. The monoisotopic (exact) mass is 187 g/mol. The standard InChI is InChI=1S/C7H10NOPS/c9-6-1-7-8(6)2-5(3-10)4-11-7/h2,7H,1,3-4,10H2/t7-/m1/s1. The Morgan fingerprint density at radius 3 is 3.27 bits per heavy atom. The van der Waals surface area contributed by atoms with Crippen molar-refractivity contribution in [1.82, 2.24) is 4.90 Å². The molecule has 1 unspecified atom stereocenters. The number of hydrogen-bond donors (Lipinski definition) is 0. The summed E-state index contributed by atoms with van der Waals surface area (Å²) < 4.78 is 0. The van der Waals surface area contributed by atoms with Crippen molar-refractivity contribution in [2.75, 3.05) is 11.9 Å². The van der Waals surface area contributed by atoms with E-state index < -0.39 is 0 Å². The molecule has 0 aromatic rings. The van der Waals surface area contributed by atoms with Crippen LogP contribution < -0.4 is 0 Å². The first-order valence-corrected chi connectivity index (χ1v) is 5.50. The van der Waals surface area contributed by atoms with E-state index in [9.17, 15) is 4.79 Å². The van der Waals surface area contributed by atoms with Crippen molar-refractivity contribution in [2.24, 2.45) is 0 Å². The van der Waals surface area contributed by atoms with Gasteiger partial charge in [-0.2, -0.15) is 0 Å². The quantitative estimate of drug-likeness (QED) is 0.451. The lowest BCUT2D eigenvalue weighted by atomic mass is 10.2. The molecular formula is C7H10NOPS. The van der Waals surface area contributed by atoms with Crippen LogP contribution in [0.15, 0.2) is 11.8 Å². The van der Waals surface area contributed by atoms with Crippen molar-refractivity contribution < 1.29 is 4.79 Å². The third-order valence-corrected chi connectivity index (χ3v) is 3.83. The van der Waals surface area contributed by atoms with Crippen molar-refractivity contribution >= 4 is 26.9 Å². The summed E-state index contributed by atoms with van der Waals surface area (Å²) in [6.07, 6.45) is 3.74. The lowest BCUT2D eigenvalue weighted by Crippen LogP contribution is -2.49. The Balaban J connectivity index is 2.13. The van der Waals surface area contributed by atoms with Crippen molar-refractivity contribution in [2.45, 2.75) is 11.8 Å². The van der Waals surface area contributed by atoms with E-state index in [1.54, 1.807) is 0 Å². The van der Waals surface area contributed by atoms with E-state index >= 15 is 0 Å². The topological polar surface area (TPSA) is 20.3 Å². The molecule has 2 heterocycles. The van der Waals surface area contributed by atoms with Crippen LogP contribution in [-0.2, 0) is 4.79 Å². The maximum absolute atomic E-state index is 11.0. The highest BCUT2D eigenvalue weighted by Crippen LogP contribution is 2.35. The molecule has 1 fully saturated rings. The number of carbonyl (C=O) groups is 1. The van der Waals surface area contributed by atoms with Gasteiger partial charge in [0.1, 0.15) is 0 Å². The first-order chi connectivity index (χ1) is 5.31. The molecule has 0 aromatic heterocycles. The highest BCUT2D eigenvalue weighted by atomic mass is 32.2. The zero-order chi connectivity index (χ0) is 7.84. The number of thioether (sulfide) groups is 1. The number of fused-ring (bicyclic) bond motifs is 1. The van der Waals surface area contributed by atoms with Crippen LogP contribution in [0.25, 0.3) is 0 Å². The van der Waals surface area contributed by atoms with Gasteiger partial charge in [0.05, 0.1) is 11.8 Å². The van der Waals surface area contributed by atoms with E-state index in [1.807, 2.05) is 22.9 Å². The van der Waals surface area contributed by atoms with E-state index in [1.165, 1.54) is 5.57 Å². The highest BCUT2D eigenvalue weighted by Gasteiger charge is 2.37. The molecule has 0 bridgehead atoms. The van der Waals surface area contributed by atoms with Crippen molar-refractivity contribution in [1.29, 1.82) is 0 Å². The molecule has 2 aliphatic heterocycles. The van der Waals surface area contributed by atoms with Crippen molar-refractivity contribution in [3.8, 4) is 0 Å². The number of amides is 1. The average molecular weight is 187 g/mol. The molecule has 0 radical (unpaired) electrons. The SMILES string of the molecule is O=C1C[C@H]2SCC(CP)=CN12. The summed E-state index contributed by atoms with van der Waals surface area (Å²) in [7, 11) is 2.69. The van der Waals surface area contributed by atoms with Gasteiger partial charge in [-0.25, -0.2) is 0 Å². The first-order valence-electron chi connectivity index (χ1n) is 3.63. The molecule has 2 atom stereocenters. The van der Waals surface area contributed by atoms with Crippen LogP contribution >= 0.6 is 21.0 Å². The van der Waals surface area contributed by atoms with Gasteiger partial charge in [0.2, 0.25) is 5.91 Å². The lowest BCUT2D eigenvalue weighted by Gasteiger charge is -2.41. The summed E-state index contributed by atoms with van der Waals surface area (Å²) in [6, 6.07) is 0. The third kappa shape index (κ3) is 1.21. The molecule has 0 aliphatic carbocycles. The predicted octanol–water partition coefficient (Wildman–Crippen LogP) is 1.05. The largest absolute Gasteiger partial charge is 0.306 e. The Kier molecular flexibility index (Phi) is 1.94. The minimum Gasteiger partial charge on any atom is -0.306 e. The van der Waals surface area contributed by atoms with Crippen LogP contribution in [-0.4, -0.2) is 28.1 Å². The van der Waals surface area contributed by atoms with Crippen LogP contribution in [0.4, 0.5) is 0 Å². The fourth-order valence-corrected chi connectivity index (χ4v) is 2.90. The van der Waals surface area contributed by atoms with E-state index in [2.05, 4.69) is 9.24 Å². The van der Waals surface area contributed by atoms with Gasteiger partial charge in [-0.05, 0) is 11.7 Å². The fraction of sp³-hybridized carbons (Fsp3) is 0.571. The Bertz CT molecular complexity index is 228. The van der Waals surface area contributed by atoms with Crippen LogP contribution in [0.2, 0.25) is 0 Å². The van der Waals surface area contributed by atoms with Gasteiger partial charge in [-0.15, -0.1) is 21.0 Å². The van der Waals surface area contributed by atoms with E-state index in [0.717, 1.165) is 18.3 Å². The van der Waals surface area contributed by atoms with Gasteiger partial charge in [-0.3, -0.25) is 4.79 Å². The summed E-state index contributed by atoms with van der Waals surface area (Å²) in [6.45, 7) is 0. The molecule has 11 heavy (non-hydrogen) atoms. The van der Waals surface area contributed by atoms with Gasteiger partial charge >= 0.3 is 0 Å². The average Bonchev–Trinajstić information content (AvgIpc) is 2.03. The second-order valence-electron chi connectivity index (χ2n) is 2.76. The van der Waals surface area contributed by atoms with Crippen molar-refractivity contribution in [3.05, 3.63) is 11.8 Å². The highest BCUT2D eigenvalue weighted by molar-refractivity contribution is 8.00. The zero-order valence-electron chi connectivity index (χ0n) is 6.12. The lowest BCUT2D eigenvalue weighted by molar-refractivity contribution is -0.137. The first kappa shape index (κ1) is 7.63. The van der Waals surface area contributed by atoms with Crippen LogP contribution in [0.1, 0.15) is 6.42 Å². The van der Waals surface area contributed by atoms with Gasteiger partial charge in [0, 0.05) is 12.0 Å². The second kappa shape index (κ2) is 2.80. The normalized spacial score (nSPS) is 29.2. The molecule has 1 amide bonds. The number of β-lactam (4-membered cyclic amide) rings is 1. The fourth-order valence-electron chi connectivity index (χ4n) is 1.24. The van der Waals surface area contributed by atoms with E-state index in [4.69, 9.17) is 0 Å². The maximum Gasteiger partial charge on any atom is 0.230 e. The Morgan fingerprint density at radius 1 is 1.82 bits per heavy atom. The molecule has 1 saturated heterocycles. The van der Waals surface area contributed by atoms with Crippen LogP contribution in [0.3, 0.4) is 0 Å². The van der Waals surface area contributed by atoms with Crippen LogP contribution in [0.5, 0.6) is 0 Å². The Morgan fingerprint density at radius 2 is 2.64 bits per heavy atom. The number of hydrogen-bond acceptors (Lipinski definition) is 2. The molecule has 0 aromatic carbocycles. The summed E-state index contributed by atoms with van der Waals surface area (Å²) in [5.41, 5.74) is 1.35. The number of rotatable bonds is 1. The minimum absolute atomic E-state index is 0.276. The predicted molar refractivity (Wildman–Crippen MR) is 50.4 cm³/mol. The van der Waals surface area contributed by atoms with Crippen LogP contribution in [0, 0.1) is 0 Å². The molecule has 2 rings (SSSR count). The summed E-state index contributed by atoms with van der Waals surface area (Å²) in [4.78, 5) is 12.8. The second-order valence-corrected chi connectivity index (χ2v) is 4.34. The number of nitrogens with zero attached hydrogens (tertiary/aromatic N) is 1. The maximum atomic E-state index is 11.0. The summed E-state index contributed by atoms with van der Waals surface area (Å²) in [5, 5.41) is 0.461. The van der Waals surface area contributed by atoms with E-state index in [-0.39, 0.29) is 5.91 Å². The molecule has 2 aliphatic rings. The molecule has 60 valence electrons. The smallest absolute Gasteiger partial charge is 0.230 e. The van der Waals surface area contributed by atoms with Gasteiger partial charge in [0.15, 0.2) is 0 Å². The molecule has 0 spiro atoms. The number of carbonyl (C=O) groups excluding carboxylic acids is 1. The van der Waals surface area contributed by atoms with Gasteiger partial charge in [-0.1, -0.05) is 0 Å². The van der Waals surface area contributed by atoms with Crippen molar-refractivity contribution in [3.63, 3.8) is 0 Å². The molecule has 4 heteroatoms. The molecule has 0 N–H and O–H groups in total. The molecule has 0 saturated carbocycles. The minimum atomic E-state index is 0.276. The Labute approximate surface area is 72.6 Å². The van der Waals surface area contributed by atoms with Gasteiger partial charge in [0.25, 0.3) is 0 Å². The zero-order valence-corrected chi connectivity index (χ0v) is 8.09. The third-order valence-electron chi connectivity index (χ3n) is 1.99.